The van der Waals surface area contributed by atoms with Crippen LogP contribution in [-0.2, 0) is 0 Å². The van der Waals surface area contributed by atoms with Crippen molar-refractivity contribution in [3.63, 3.8) is 0 Å². The fraction of sp³-hybridized carbons (Fsp3) is 0.0938. The van der Waals surface area contributed by atoms with Crippen LogP contribution in [0.25, 0.3) is 0 Å². The Bertz CT molecular complexity index is 1210. The molecule has 3 nitrogen and oxygen atoms in total. The lowest BCUT2D eigenvalue weighted by Crippen LogP contribution is -2.15. The maximum absolute atomic E-state index is 4.82. The molecule has 0 aliphatic carbocycles. The molecule has 0 N–H and O–H groups in total. The molecule has 35 heavy (non-hydrogen) atoms. The van der Waals surface area contributed by atoms with Crippen molar-refractivity contribution in [1.82, 2.24) is 0 Å². The number of hydrazone groups is 1. The molecule has 176 valence electrons. The minimum absolute atomic E-state index is 0.961. The average molecular weight is 460 g/mol. The number of para-hydroxylation sites is 2. The van der Waals surface area contributed by atoms with Gasteiger partial charge in [0, 0.05) is 17.1 Å². The maximum Gasteiger partial charge on any atom is 0.0652 e. The minimum Gasteiger partial charge on any atom is -0.311 e. The highest BCUT2D eigenvalue weighted by Crippen LogP contribution is 2.30. The van der Waals surface area contributed by atoms with Gasteiger partial charge in [-0.05, 0) is 74.9 Å². The number of benzene rings is 3. The molecule has 0 saturated heterocycles. The third kappa shape index (κ3) is 6.81. The lowest BCUT2D eigenvalue weighted by molar-refractivity contribution is 1.03. The molecule has 0 atom stereocenters. The summed E-state index contributed by atoms with van der Waals surface area (Å²) >= 11 is 0. The largest absolute Gasteiger partial charge is 0.311 e. The predicted octanol–water partition coefficient (Wildman–Crippen LogP) is 8.79. The Balaban J connectivity index is 1.94. The molecule has 0 spiro atoms. The van der Waals surface area contributed by atoms with E-state index in [1.165, 1.54) is 0 Å². The second-order valence-corrected chi connectivity index (χ2v) is 7.68. The zero-order valence-corrected chi connectivity index (χ0v) is 20.8. The molecule has 3 rings (SSSR count). The molecular weight excluding hydrogens is 426 g/mol. The molecule has 0 heterocycles. The third-order valence-corrected chi connectivity index (χ3v) is 5.32. The summed E-state index contributed by atoms with van der Waals surface area (Å²) in [6, 6.07) is 29.0. The molecule has 0 amide bonds. The number of rotatable bonds is 10. The molecule has 0 saturated carbocycles. The van der Waals surface area contributed by atoms with Crippen molar-refractivity contribution < 1.29 is 0 Å². The van der Waals surface area contributed by atoms with Crippen molar-refractivity contribution in [1.29, 1.82) is 0 Å². The van der Waals surface area contributed by atoms with Crippen LogP contribution in [0.3, 0.4) is 0 Å². The van der Waals surface area contributed by atoms with E-state index in [2.05, 4.69) is 85.2 Å². The van der Waals surface area contributed by atoms with Crippen molar-refractivity contribution in [3.8, 4) is 0 Å². The van der Waals surface area contributed by atoms with Crippen molar-refractivity contribution in [2.75, 3.05) is 9.91 Å². The first-order chi connectivity index (χ1) is 17.2. The molecule has 0 aliphatic rings. The Morgan fingerprint density at radius 1 is 0.686 bits per heavy atom. The molecule has 0 aliphatic heterocycles. The first kappa shape index (κ1) is 25.3. The highest BCUT2D eigenvalue weighted by molar-refractivity contribution is 5.82. The Kier molecular flexibility index (Phi) is 9.64. The number of nitrogens with zero attached hydrogens (tertiary/aromatic N) is 3. The van der Waals surface area contributed by atoms with Gasteiger partial charge in [0.25, 0.3) is 0 Å². The minimum atomic E-state index is 0.961. The number of hydrogen-bond donors (Lipinski definition) is 0. The van der Waals surface area contributed by atoms with Crippen molar-refractivity contribution in [3.05, 3.63) is 151 Å². The molecule has 3 aromatic rings. The lowest BCUT2D eigenvalue weighted by atomic mass is 10.1. The number of hydrogen-bond acceptors (Lipinski definition) is 3. The van der Waals surface area contributed by atoms with E-state index >= 15 is 0 Å². The van der Waals surface area contributed by atoms with E-state index in [1.807, 2.05) is 79.7 Å². The summed E-state index contributed by atoms with van der Waals surface area (Å²) in [6.45, 7) is 9.88. The van der Waals surface area contributed by atoms with Gasteiger partial charge in [0.2, 0.25) is 0 Å². The van der Waals surface area contributed by atoms with Crippen LogP contribution in [0, 0.1) is 0 Å². The Morgan fingerprint density at radius 3 is 1.80 bits per heavy atom. The van der Waals surface area contributed by atoms with Gasteiger partial charge in [-0.15, -0.1) is 0 Å². The van der Waals surface area contributed by atoms with Crippen LogP contribution < -0.4 is 9.91 Å². The van der Waals surface area contributed by atoms with Gasteiger partial charge < -0.3 is 4.90 Å². The normalized spacial score (nSPS) is 12.5. The van der Waals surface area contributed by atoms with Gasteiger partial charge in [0.15, 0.2) is 0 Å². The molecule has 0 unspecified atom stereocenters. The lowest BCUT2D eigenvalue weighted by Gasteiger charge is -2.26. The second-order valence-electron chi connectivity index (χ2n) is 7.68. The average Bonchev–Trinajstić information content (AvgIpc) is 2.92. The Morgan fingerprint density at radius 2 is 1.26 bits per heavy atom. The number of allylic oxidation sites excluding steroid dienone is 7. The molecule has 0 aromatic heterocycles. The SMILES string of the molecule is C=C/C=C\C(=C/C)N(/N=C/c1ccc(N(C(/C=C\C)=C/C)c2ccccc2)cc1)c1ccccc1. The van der Waals surface area contributed by atoms with E-state index in [1.54, 1.807) is 6.08 Å². The summed E-state index contributed by atoms with van der Waals surface area (Å²) in [4.78, 5) is 2.25. The van der Waals surface area contributed by atoms with Crippen LogP contribution >= 0.6 is 0 Å². The first-order valence-corrected chi connectivity index (χ1v) is 11.8. The number of anilines is 3. The van der Waals surface area contributed by atoms with Gasteiger partial charge in [-0.3, -0.25) is 0 Å². The summed E-state index contributed by atoms with van der Waals surface area (Å²) in [6.07, 6.45) is 15.9. The third-order valence-electron chi connectivity index (χ3n) is 5.32. The van der Waals surface area contributed by atoms with E-state index in [9.17, 15) is 0 Å². The summed E-state index contributed by atoms with van der Waals surface area (Å²) in [5, 5.41) is 6.74. The molecule has 0 radical (unpaired) electrons. The summed E-state index contributed by atoms with van der Waals surface area (Å²) in [7, 11) is 0. The quantitative estimate of drug-likeness (QED) is 0.171. The zero-order chi connectivity index (χ0) is 24.9. The van der Waals surface area contributed by atoms with Gasteiger partial charge in [0.05, 0.1) is 17.6 Å². The van der Waals surface area contributed by atoms with E-state index in [-0.39, 0.29) is 0 Å². The van der Waals surface area contributed by atoms with Crippen molar-refractivity contribution in [2.45, 2.75) is 20.8 Å². The molecule has 3 aromatic carbocycles. The highest BCUT2D eigenvalue weighted by atomic mass is 15.5. The van der Waals surface area contributed by atoms with Crippen LogP contribution in [-0.4, -0.2) is 6.21 Å². The van der Waals surface area contributed by atoms with Gasteiger partial charge in [0.1, 0.15) is 0 Å². The maximum atomic E-state index is 4.82. The van der Waals surface area contributed by atoms with Gasteiger partial charge in [-0.25, -0.2) is 5.01 Å². The van der Waals surface area contributed by atoms with Crippen LogP contribution in [0.15, 0.2) is 151 Å². The summed E-state index contributed by atoms with van der Waals surface area (Å²) in [5.74, 6) is 0. The van der Waals surface area contributed by atoms with Gasteiger partial charge >= 0.3 is 0 Å². The molecule has 3 heteroatoms. The smallest absolute Gasteiger partial charge is 0.0652 e. The Labute approximate surface area is 210 Å². The molecule has 0 bridgehead atoms. The summed E-state index contributed by atoms with van der Waals surface area (Å²) in [5.41, 5.74) is 6.27. The van der Waals surface area contributed by atoms with E-state index in [0.29, 0.717) is 0 Å². The van der Waals surface area contributed by atoms with E-state index in [0.717, 1.165) is 34.0 Å². The van der Waals surface area contributed by atoms with Crippen LogP contribution in [0.5, 0.6) is 0 Å². The van der Waals surface area contributed by atoms with Crippen LogP contribution in [0.2, 0.25) is 0 Å². The van der Waals surface area contributed by atoms with Crippen LogP contribution in [0.4, 0.5) is 17.1 Å². The fourth-order valence-corrected chi connectivity index (χ4v) is 3.64. The van der Waals surface area contributed by atoms with E-state index in [4.69, 9.17) is 5.10 Å². The highest BCUT2D eigenvalue weighted by Gasteiger charge is 2.12. The van der Waals surface area contributed by atoms with Gasteiger partial charge in [-0.2, -0.15) is 5.10 Å². The Hall–Kier alpha value is -4.37. The first-order valence-electron chi connectivity index (χ1n) is 11.8. The van der Waals surface area contributed by atoms with E-state index < -0.39 is 0 Å². The monoisotopic (exact) mass is 459 g/mol. The van der Waals surface area contributed by atoms with Gasteiger partial charge in [-0.1, -0.05) is 85.5 Å². The fourth-order valence-electron chi connectivity index (χ4n) is 3.64. The second kappa shape index (κ2) is 13.4. The van der Waals surface area contributed by atoms with Crippen molar-refractivity contribution in [2.24, 2.45) is 5.10 Å². The van der Waals surface area contributed by atoms with Crippen molar-refractivity contribution >= 4 is 23.3 Å². The predicted molar refractivity (Wildman–Crippen MR) is 153 cm³/mol. The topological polar surface area (TPSA) is 18.8 Å². The molecule has 0 fully saturated rings. The molecular formula is C32H33N3. The standard InChI is InChI=1S/C32H33N3/c1-5-9-17-29(8-4)35(32-20-14-11-15-21-32)33-26-27-22-24-31(25-23-27)34(28(7-3)16-6-2)30-18-12-10-13-19-30/h5-26H,1H2,2-4H3/b16-6-,17-9-,28-7+,29-8+,33-26+. The zero-order valence-electron chi connectivity index (χ0n) is 20.8. The summed E-state index contributed by atoms with van der Waals surface area (Å²) < 4.78 is 0. The van der Waals surface area contributed by atoms with Crippen LogP contribution in [0.1, 0.15) is 26.3 Å².